The minimum atomic E-state index is 0. The molecule has 1 amide bonds. The zero-order valence-corrected chi connectivity index (χ0v) is 14.6. The number of hydrogen-bond acceptors (Lipinski definition) is 3. The topological polar surface area (TPSA) is 35.6 Å². The molecule has 0 bridgehead atoms. The average Bonchev–Trinajstić information content (AvgIpc) is 3.05. The first-order chi connectivity index (χ1) is 9.24. The zero-order chi connectivity index (χ0) is 13.2. The molecule has 3 fully saturated rings. The average molecular weight is 338 g/mol. The summed E-state index contributed by atoms with van der Waals surface area (Å²) in [6, 6.07) is 1.63. The summed E-state index contributed by atoms with van der Waals surface area (Å²) in [5.41, 5.74) is 0. The molecule has 0 aromatic carbocycles. The maximum Gasteiger partial charge on any atom is 0.222 e. The van der Waals surface area contributed by atoms with Gasteiger partial charge < -0.3 is 10.2 Å². The van der Waals surface area contributed by atoms with Crippen LogP contribution >= 0.6 is 24.8 Å². The van der Waals surface area contributed by atoms with Gasteiger partial charge in [0.25, 0.3) is 0 Å². The second-order valence-electron chi connectivity index (χ2n) is 6.52. The van der Waals surface area contributed by atoms with Crippen LogP contribution < -0.4 is 5.32 Å². The highest BCUT2D eigenvalue weighted by atomic mass is 35.5. The second kappa shape index (κ2) is 8.56. The standard InChI is InChI=1S/C15H27N3O.2ClH/c1-12-10-17-9-3-5-14(17)11-18(12)15(19)7-6-13-4-2-8-16-13;;/h12-14,16H,2-11H2,1H3;2*1H. The van der Waals surface area contributed by atoms with Gasteiger partial charge in [-0.3, -0.25) is 9.69 Å². The molecule has 1 N–H and O–H groups in total. The molecule has 4 nitrogen and oxygen atoms in total. The maximum atomic E-state index is 12.4. The fraction of sp³-hybridized carbons (Fsp3) is 0.933. The van der Waals surface area contributed by atoms with Crippen molar-refractivity contribution in [2.24, 2.45) is 0 Å². The van der Waals surface area contributed by atoms with Gasteiger partial charge in [0.2, 0.25) is 5.91 Å². The molecule has 3 saturated heterocycles. The molecule has 6 heteroatoms. The van der Waals surface area contributed by atoms with E-state index in [-0.39, 0.29) is 24.8 Å². The molecule has 0 saturated carbocycles. The van der Waals surface area contributed by atoms with E-state index < -0.39 is 0 Å². The number of nitrogens with one attached hydrogen (secondary N) is 1. The van der Waals surface area contributed by atoms with Crippen molar-refractivity contribution in [1.29, 1.82) is 0 Å². The number of hydrogen-bond donors (Lipinski definition) is 1. The molecule has 0 aromatic heterocycles. The number of carbonyl (C=O) groups is 1. The summed E-state index contributed by atoms with van der Waals surface area (Å²) in [6.07, 6.45) is 6.87. The number of amides is 1. The fourth-order valence-corrected chi connectivity index (χ4v) is 3.98. The predicted octanol–water partition coefficient (Wildman–Crippen LogP) is 2.06. The minimum absolute atomic E-state index is 0. The van der Waals surface area contributed by atoms with Gasteiger partial charge in [-0.25, -0.2) is 0 Å². The first kappa shape index (κ1) is 19.0. The monoisotopic (exact) mass is 337 g/mol. The van der Waals surface area contributed by atoms with Crippen molar-refractivity contribution >= 4 is 30.7 Å². The molecular weight excluding hydrogens is 309 g/mol. The quantitative estimate of drug-likeness (QED) is 0.856. The van der Waals surface area contributed by atoms with Crippen molar-refractivity contribution in [2.45, 2.75) is 63.6 Å². The molecule has 0 aliphatic carbocycles. The second-order valence-corrected chi connectivity index (χ2v) is 6.52. The van der Waals surface area contributed by atoms with E-state index >= 15 is 0 Å². The Morgan fingerprint density at radius 2 is 2.00 bits per heavy atom. The third-order valence-corrected chi connectivity index (χ3v) is 5.13. The summed E-state index contributed by atoms with van der Waals surface area (Å²) >= 11 is 0. The number of rotatable bonds is 3. The van der Waals surface area contributed by atoms with Crippen LogP contribution in [0, 0.1) is 0 Å². The number of nitrogens with zero attached hydrogens (tertiary/aromatic N) is 2. The highest BCUT2D eigenvalue weighted by Gasteiger charge is 2.36. The van der Waals surface area contributed by atoms with E-state index in [2.05, 4.69) is 22.0 Å². The van der Waals surface area contributed by atoms with E-state index in [1.165, 1.54) is 32.2 Å². The normalized spacial score (nSPS) is 32.2. The van der Waals surface area contributed by atoms with Gasteiger partial charge in [0.15, 0.2) is 0 Å². The minimum Gasteiger partial charge on any atom is -0.337 e. The summed E-state index contributed by atoms with van der Waals surface area (Å²) in [6.45, 7) is 6.63. The summed E-state index contributed by atoms with van der Waals surface area (Å²) in [5.74, 6) is 0.382. The molecule has 3 aliphatic heterocycles. The summed E-state index contributed by atoms with van der Waals surface area (Å²) in [5, 5.41) is 3.48. The van der Waals surface area contributed by atoms with Gasteiger partial charge in [-0.2, -0.15) is 0 Å². The van der Waals surface area contributed by atoms with E-state index in [9.17, 15) is 4.79 Å². The Balaban J connectivity index is 0.00000110. The van der Waals surface area contributed by atoms with Crippen LogP contribution in [0.5, 0.6) is 0 Å². The van der Waals surface area contributed by atoms with Crippen molar-refractivity contribution in [1.82, 2.24) is 15.1 Å². The van der Waals surface area contributed by atoms with Crippen LogP contribution in [-0.4, -0.2) is 60.0 Å². The Labute approximate surface area is 140 Å². The fourth-order valence-electron chi connectivity index (χ4n) is 3.98. The van der Waals surface area contributed by atoms with Crippen LogP contribution in [0.4, 0.5) is 0 Å². The first-order valence-corrected chi connectivity index (χ1v) is 8.01. The van der Waals surface area contributed by atoms with Crippen LogP contribution in [0.2, 0.25) is 0 Å². The maximum absolute atomic E-state index is 12.4. The predicted molar refractivity (Wildman–Crippen MR) is 90.5 cm³/mol. The molecule has 124 valence electrons. The smallest absolute Gasteiger partial charge is 0.222 e. The van der Waals surface area contributed by atoms with Gasteiger partial charge in [-0.15, -0.1) is 24.8 Å². The Hall–Kier alpha value is -0.0300. The van der Waals surface area contributed by atoms with Crippen molar-refractivity contribution in [3.8, 4) is 0 Å². The van der Waals surface area contributed by atoms with Crippen molar-refractivity contribution in [3.63, 3.8) is 0 Å². The van der Waals surface area contributed by atoms with Gasteiger partial charge in [0, 0.05) is 37.6 Å². The molecule has 0 aromatic rings. The van der Waals surface area contributed by atoms with Gasteiger partial charge >= 0.3 is 0 Å². The molecule has 0 radical (unpaired) electrons. The lowest BCUT2D eigenvalue weighted by Crippen LogP contribution is -2.56. The molecule has 0 spiro atoms. The highest BCUT2D eigenvalue weighted by molar-refractivity contribution is 5.85. The number of halogens is 2. The molecule has 3 atom stereocenters. The first-order valence-electron chi connectivity index (χ1n) is 8.01. The lowest BCUT2D eigenvalue weighted by atomic mass is 10.1. The third-order valence-electron chi connectivity index (χ3n) is 5.13. The Morgan fingerprint density at radius 3 is 2.71 bits per heavy atom. The molecule has 21 heavy (non-hydrogen) atoms. The van der Waals surface area contributed by atoms with E-state index in [1.807, 2.05) is 0 Å². The van der Waals surface area contributed by atoms with Gasteiger partial charge in [-0.1, -0.05) is 0 Å². The highest BCUT2D eigenvalue weighted by Crippen LogP contribution is 2.25. The van der Waals surface area contributed by atoms with Gasteiger partial charge in [-0.05, 0) is 52.1 Å². The lowest BCUT2D eigenvalue weighted by molar-refractivity contribution is -0.137. The van der Waals surface area contributed by atoms with Crippen molar-refractivity contribution in [2.75, 3.05) is 26.2 Å². The van der Waals surface area contributed by atoms with Crippen molar-refractivity contribution < 1.29 is 4.79 Å². The summed E-state index contributed by atoms with van der Waals surface area (Å²) in [7, 11) is 0. The van der Waals surface area contributed by atoms with E-state index in [4.69, 9.17) is 0 Å². The third kappa shape index (κ3) is 4.47. The number of carbonyl (C=O) groups excluding carboxylic acids is 1. The Bertz CT molecular complexity index is 337. The summed E-state index contributed by atoms with van der Waals surface area (Å²) in [4.78, 5) is 17.2. The number of fused-ring (bicyclic) bond motifs is 1. The molecule has 3 heterocycles. The van der Waals surface area contributed by atoms with Gasteiger partial charge in [0.05, 0.1) is 0 Å². The molecular formula is C15H29Cl2N3O. The number of piperazine rings is 1. The van der Waals surface area contributed by atoms with Crippen LogP contribution in [0.25, 0.3) is 0 Å². The SMILES string of the molecule is CC1CN2CCCC2CN1C(=O)CCC1CCCN1.Cl.Cl. The van der Waals surface area contributed by atoms with Crippen LogP contribution in [-0.2, 0) is 4.79 Å². The summed E-state index contributed by atoms with van der Waals surface area (Å²) < 4.78 is 0. The lowest BCUT2D eigenvalue weighted by Gasteiger charge is -2.42. The molecule has 3 rings (SSSR count). The largest absolute Gasteiger partial charge is 0.337 e. The van der Waals surface area contributed by atoms with Crippen molar-refractivity contribution in [3.05, 3.63) is 0 Å². The molecule has 3 aliphatic rings. The van der Waals surface area contributed by atoms with Crippen LogP contribution in [0.3, 0.4) is 0 Å². The van der Waals surface area contributed by atoms with E-state index in [0.29, 0.717) is 24.0 Å². The zero-order valence-electron chi connectivity index (χ0n) is 12.9. The van der Waals surface area contributed by atoms with Crippen LogP contribution in [0.15, 0.2) is 0 Å². The van der Waals surface area contributed by atoms with Gasteiger partial charge in [0.1, 0.15) is 0 Å². The Kier molecular flexibility index (Phi) is 7.75. The van der Waals surface area contributed by atoms with Crippen LogP contribution in [0.1, 0.15) is 45.4 Å². The molecule has 3 unspecified atom stereocenters. The van der Waals surface area contributed by atoms with E-state index in [0.717, 1.165) is 32.5 Å². The Morgan fingerprint density at radius 1 is 1.19 bits per heavy atom. The van der Waals surface area contributed by atoms with E-state index in [1.54, 1.807) is 0 Å².